The van der Waals surface area contributed by atoms with Crippen LogP contribution < -0.4 is 5.73 Å². The van der Waals surface area contributed by atoms with Crippen LogP contribution in [0.1, 0.15) is 25.8 Å². The van der Waals surface area contributed by atoms with Gasteiger partial charge in [-0.1, -0.05) is 30.3 Å². The second-order valence-electron chi connectivity index (χ2n) is 7.43. The molecule has 1 aliphatic carbocycles. The fraction of sp³-hybridized carbons (Fsp3) is 0.667. The second kappa shape index (κ2) is 5.76. The monoisotopic (exact) mass is 335 g/mol. The van der Waals surface area contributed by atoms with E-state index in [-0.39, 0.29) is 30.8 Å². The van der Waals surface area contributed by atoms with Crippen LogP contribution in [0.25, 0.3) is 0 Å². The standard InChI is InChI=1S/C18H25NO5/c1-17(2)23-15-16(24-17)22-14-13(8-12(9-20)18(14,15)19)21-10-11-6-4-3-5-7-11/h3-7,12-16,20H,8-10,19H2,1-2H3/t12-,13+,14+,15-,16+,18+/m0/s1. The minimum Gasteiger partial charge on any atom is -0.396 e. The summed E-state index contributed by atoms with van der Waals surface area (Å²) in [7, 11) is 0. The van der Waals surface area contributed by atoms with E-state index in [1.54, 1.807) is 0 Å². The first kappa shape index (κ1) is 16.4. The first-order valence-corrected chi connectivity index (χ1v) is 8.50. The lowest BCUT2D eigenvalue weighted by molar-refractivity contribution is -0.220. The smallest absolute Gasteiger partial charge is 0.189 e. The van der Waals surface area contributed by atoms with E-state index < -0.39 is 17.6 Å². The van der Waals surface area contributed by atoms with Gasteiger partial charge in [-0.25, -0.2) is 0 Å². The number of fused-ring (bicyclic) bond motifs is 3. The molecule has 6 nitrogen and oxygen atoms in total. The predicted molar refractivity (Wildman–Crippen MR) is 85.8 cm³/mol. The first-order valence-electron chi connectivity index (χ1n) is 8.50. The Morgan fingerprint density at radius 2 is 1.96 bits per heavy atom. The molecule has 3 N–H and O–H groups in total. The van der Waals surface area contributed by atoms with E-state index in [0.29, 0.717) is 13.0 Å². The minimum absolute atomic E-state index is 0.0193. The highest BCUT2D eigenvalue weighted by Crippen LogP contribution is 2.51. The zero-order chi connectivity index (χ0) is 16.9. The number of benzene rings is 1. The van der Waals surface area contributed by atoms with E-state index in [1.165, 1.54) is 0 Å². The number of aliphatic hydroxyl groups excluding tert-OH is 1. The summed E-state index contributed by atoms with van der Waals surface area (Å²) in [5, 5.41) is 9.84. The maximum Gasteiger partial charge on any atom is 0.189 e. The molecule has 6 heteroatoms. The maximum absolute atomic E-state index is 9.84. The van der Waals surface area contributed by atoms with E-state index in [4.69, 9.17) is 24.7 Å². The van der Waals surface area contributed by atoms with Crippen LogP contribution >= 0.6 is 0 Å². The lowest BCUT2D eigenvalue weighted by Crippen LogP contribution is -2.60. The molecular weight excluding hydrogens is 310 g/mol. The van der Waals surface area contributed by atoms with Gasteiger partial charge in [0.05, 0.1) is 18.2 Å². The Morgan fingerprint density at radius 3 is 2.67 bits per heavy atom. The summed E-state index contributed by atoms with van der Waals surface area (Å²) >= 11 is 0. The normalized spacial score (nSPS) is 42.9. The van der Waals surface area contributed by atoms with Crippen molar-refractivity contribution in [2.24, 2.45) is 11.7 Å². The van der Waals surface area contributed by atoms with Crippen molar-refractivity contribution in [1.82, 2.24) is 0 Å². The van der Waals surface area contributed by atoms with Gasteiger partial charge in [0, 0.05) is 12.5 Å². The molecule has 0 aromatic heterocycles. The van der Waals surface area contributed by atoms with Gasteiger partial charge in [-0.15, -0.1) is 0 Å². The molecule has 0 unspecified atom stereocenters. The van der Waals surface area contributed by atoms with Gasteiger partial charge in [0.2, 0.25) is 0 Å². The zero-order valence-corrected chi connectivity index (χ0v) is 14.1. The van der Waals surface area contributed by atoms with E-state index in [0.717, 1.165) is 5.56 Å². The van der Waals surface area contributed by atoms with Crippen LogP contribution in [0.2, 0.25) is 0 Å². The summed E-state index contributed by atoms with van der Waals surface area (Å²) < 4.78 is 24.0. The fourth-order valence-corrected chi connectivity index (χ4v) is 4.24. The molecular formula is C18H25NO5. The predicted octanol–water partition coefficient (Wildman–Crippen LogP) is 1.16. The van der Waals surface area contributed by atoms with Crippen LogP contribution in [0.5, 0.6) is 0 Å². The average Bonchev–Trinajstić information content (AvgIpc) is 3.10. The number of hydrogen-bond acceptors (Lipinski definition) is 6. The van der Waals surface area contributed by atoms with Gasteiger partial charge in [0.25, 0.3) is 0 Å². The third kappa shape index (κ3) is 2.49. The van der Waals surface area contributed by atoms with Gasteiger partial charge in [-0.3, -0.25) is 0 Å². The Labute approximate surface area is 141 Å². The van der Waals surface area contributed by atoms with Crippen LogP contribution in [-0.4, -0.2) is 47.6 Å². The molecule has 0 bridgehead atoms. The molecule has 132 valence electrons. The van der Waals surface area contributed by atoms with Crippen LogP contribution in [0.3, 0.4) is 0 Å². The van der Waals surface area contributed by atoms with Gasteiger partial charge in [-0.2, -0.15) is 0 Å². The van der Waals surface area contributed by atoms with Crippen molar-refractivity contribution in [2.75, 3.05) is 6.61 Å². The molecule has 4 rings (SSSR count). The molecule has 1 aromatic carbocycles. The van der Waals surface area contributed by atoms with Crippen molar-refractivity contribution in [3.8, 4) is 0 Å². The Hall–Kier alpha value is -1.02. The molecule has 1 aromatic rings. The molecule has 2 heterocycles. The molecule has 0 radical (unpaired) electrons. The fourth-order valence-electron chi connectivity index (χ4n) is 4.24. The maximum atomic E-state index is 9.84. The molecule has 6 atom stereocenters. The molecule has 2 saturated heterocycles. The van der Waals surface area contributed by atoms with E-state index in [2.05, 4.69) is 0 Å². The number of nitrogens with two attached hydrogens (primary N) is 1. The number of ether oxygens (including phenoxy) is 4. The second-order valence-corrected chi connectivity index (χ2v) is 7.43. The van der Waals surface area contributed by atoms with Crippen molar-refractivity contribution in [2.45, 2.75) is 62.8 Å². The Balaban J connectivity index is 1.52. The van der Waals surface area contributed by atoms with E-state index >= 15 is 0 Å². The SMILES string of the molecule is CC1(C)O[C@H]2O[C@@H]3[C@H](OCc4ccccc4)C[C@@H](CO)[C@]3(N)[C@H]2O1. The lowest BCUT2D eigenvalue weighted by atomic mass is 9.83. The molecule has 1 saturated carbocycles. The highest BCUT2D eigenvalue weighted by atomic mass is 16.8. The average molecular weight is 335 g/mol. The highest BCUT2D eigenvalue weighted by Gasteiger charge is 2.69. The summed E-state index contributed by atoms with van der Waals surface area (Å²) in [4.78, 5) is 0. The minimum atomic E-state index is -0.797. The lowest BCUT2D eigenvalue weighted by Gasteiger charge is -2.34. The van der Waals surface area contributed by atoms with Gasteiger partial charge < -0.3 is 29.8 Å². The molecule has 3 aliphatic rings. The van der Waals surface area contributed by atoms with Gasteiger partial charge >= 0.3 is 0 Å². The summed E-state index contributed by atoms with van der Waals surface area (Å²) in [5.41, 5.74) is 7.01. The molecule has 24 heavy (non-hydrogen) atoms. The number of rotatable bonds is 4. The zero-order valence-electron chi connectivity index (χ0n) is 14.1. The van der Waals surface area contributed by atoms with Gasteiger partial charge in [0.1, 0.15) is 12.2 Å². The van der Waals surface area contributed by atoms with Gasteiger partial charge in [-0.05, 0) is 25.8 Å². The Kier molecular flexibility index (Phi) is 3.95. The summed E-state index contributed by atoms with van der Waals surface area (Å²) in [6.45, 7) is 4.16. The van der Waals surface area contributed by atoms with Crippen molar-refractivity contribution < 1.29 is 24.1 Å². The van der Waals surface area contributed by atoms with Crippen molar-refractivity contribution >= 4 is 0 Å². The quantitative estimate of drug-likeness (QED) is 0.859. The molecule has 3 fully saturated rings. The van der Waals surface area contributed by atoms with Crippen LogP contribution in [0, 0.1) is 5.92 Å². The third-order valence-electron chi connectivity index (χ3n) is 5.41. The van der Waals surface area contributed by atoms with Crippen LogP contribution in [0.15, 0.2) is 30.3 Å². The highest BCUT2D eigenvalue weighted by molar-refractivity contribution is 5.19. The summed E-state index contributed by atoms with van der Waals surface area (Å²) in [6.07, 6.45) is -0.776. The Morgan fingerprint density at radius 1 is 1.21 bits per heavy atom. The van der Waals surface area contributed by atoms with E-state index in [1.807, 2.05) is 44.2 Å². The third-order valence-corrected chi connectivity index (χ3v) is 5.41. The molecule has 2 aliphatic heterocycles. The Bertz CT molecular complexity index is 594. The molecule has 0 spiro atoms. The largest absolute Gasteiger partial charge is 0.396 e. The summed E-state index contributed by atoms with van der Waals surface area (Å²) in [5.74, 6) is -0.869. The first-order chi connectivity index (χ1) is 11.4. The number of hydrogen-bond donors (Lipinski definition) is 2. The van der Waals surface area contributed by atoms with Crippen molar-refractivity contribution in [3.05, 3.63) is 35.9 Å². The van der Waals surface area contributed by atoms with Gasteiger partial charge in [0.15, 0.2) is 12.1 Å². The number of aliphatic hydroxyl groups is 1. The van der Waals surface area contributed by atoms with Crippen LogP contribution in [0.4, 0.5) is 0 Å². The molecule has 0 amide bonds. The van der Waals surface area contributed by atoms with Crippen molar-refractivity contribution in [3.63, 3.8) is 0 Å². The van der Waals surface area contributed by atoms with Crippen molar-refractivity contribution in [1.29, 1.82) is 0 Å². The summed E-state index contributed by atoms with van der Waals surface area (Å²) in [6, 6.07) is 9.98. The van der Waals surface area contributed by atoms with Crippen LogP contribution in [-0.2, 0) is 25.6 Å². The topological polar surface area (TPSA) is 83.2 Å². The van der Waals surface area contributed by atoms with E-state index in [9.17, 15) is 5.11 Å².